The summed E-state index contributed by atoms with van der Waals surface area (Å²) in [6, 6.07) is 6.86. The number of ether oxygens (including phenoxy) is 3. The highest BCUT2D eigenvalue weighted by Gasteiger charge is 2.20. The van der Waals surface area contributed by atoms with Crippen molar-refractivity contribution in [3.8, 4) is 23.0 Å². The van der Waals surface area contributed by atoms with Gasteiger partial charge in [-0.15, -0.1) is 0 Å². The van der Waals surface area contributed by atoms with Gasteiger partial charge in [0.2, 0.25) is 6.79 Å². The number of pyridine rings is 2. The zero-order valence-electron chi connectivity index (χ0n) is 16.9. The Labute approximate surface area is 171 Å². The zero-order chi connectivity index (χ0) is 21.0. The van der Waals surface area contributed by atoms with Gasteiger partial charge in [0.25, 0.3) is 5.56 Å². The quantitative estimate of drug-likeness (QED) is 0.521. The molecule has 30 heavy (non-hydrogen) atoms. The second-order valence-electron chi connectivity index (χ2n) is 7.57. The number of methoxy groups -OCH3 is 1. The van der Waals surface area contributed by atoms with E-state index in [-0.39, 0.29) is 18.1 Å². The first kappa shape index (κ1) is 18.5. The molecule has 0 amide bonds. The van der Waals surface area contributed by atoms with Gasteiger partial charge < -0.3 is 28.8 Å². The van der Waals surface area contributed by atoms with Crippen molar-refractivity contribution in [1.29, 1.82) is 0 Å². The molecule has 154 valence electrons. The molecule has 0 atom stereocenters. The third-order valence-electron chi connectivity index (χ3n) is 5.46. The Morgan fingerprint density at radius 1 is 1.10 bits per heavy atom. The molecule has 0 fully saturated rings. The Kier molecular flexibility index (Phi) is 4.18. The molecule has 0 aliphatic carbocycles. The van der Waals surface area contributed by atoms with Gasteiger partial charge in [0.05, 0.1) is 23.5 Å². The molecule has 8 nitrogen and oxygen atoms in total. The third kappa shape index (κ3) is 2.72. The maximum Gasteiger partial charge on any atom is 0.259 e. The molecule has 3 heterocycles. The van der Waals surface area contributed by atoms with Gasteiger partial charge in [-0.05, 0) is 32.3 Å². The van der Waals surface area contributed by atoms with Gasteiger partial charge in [0, 0.05) is 41.5 Å². The smallest absolute Gasteiger partial charge is 0.259 e. The van der Waals surface area contributed by atoms with Crippen molar-refractivity contribution in [2.75, 3.05) is 34.5 Å². The van der Waals surface area contributed by atoms with Gasteiger partial charge in [-0.3, -0.25) is 9.78 Å². The lowest BCUT2D eigenvalue weighted by molar-refractivity contribution is 0.174. The minimum atomic E-state index is -0.178. The predicted octanol–water partition coefficient (Wildman–Crippen LogP) is 2.71. The number of benzene rings is 2. The van der Waals surface area contributed by atoms with Crippen molar-refractivity contribution in [1.82, 2.24) is 14.5 Å². The lowest BCUT2D eigenvalue weighted by Crippen LogP contribution is -2.27. The summed E-state index contributed by atoms with van der Waals surface area (Å²) in [5.74, 6) is 1.51. The van der Waals surface area contributed by atoms with Gasteiger partial charge in [0.15, 0.2) is 23.0 Å². The van der Waals surface area contributed by atoms with E-state index in [4.69, 9.17) is 14.2 Å². The molecule has 0 saturated heterocycles. The fourth-order valence-electron chi connectivity index (χ4n) is 3.95. The second-order valence-corrected chi connectivity index (χ2v) is 7.57. The standard InChI is InChI=1S/C22H21N3O5/c1-24(2)4-5-25-21-14-8-19-20(30-11-29-19)9-16(14)23-10-15(21)12-7-18(28-3)17(26)6-13(12)22(25)27/h6-10,26H,4-5,11H2,1-3H3. The first-order valence-corrected chi connectivity index (χ1v) is 9.58. The number of nitrogens with zero attached hydrogens (tertiary/aromatic N) is 3. The lowest BCUT2D eigenvalue weighted by Gasteiger charge is -2.18. The molecule has 0 bridgehead atoms. The summed E-state index contributed by atoms with van der Waals surface area (Å²) in [6.07, 6.45) is 1.75. The Morgan fingerprint density at radius 3 is 2.60 bits per heavy atom. The van der Waals surface area contributed by atoms with E-state index >= 15 is 0 Å². The third-order valence-corrected chi connectivity index (χ3v) is 5.46. The van der Waals surface area contributed by atoms with Crippen molar-refractivity contribution in [3.63, 3.8) is 0 Å². The summed E-state index contributed by atoms with van der Waals surface area (Å²) >= 11 is 0. The predicted molar refractivity (Wildman–Crippen MR) is 114 cm³/mol. The number of fused-ring (bicyclic) bond motifs is 6. The summed E-state index contributed by atoms with van der Waals surface area (Å²) in [5.41, 5.74) is 1.31. The first-order valence-electron chi connectivity index (χ1n) is 9.58. The van der Waals surface area contributed by atoms with Crippen molar-refractivity contribution >= 4 is 32.6 Å². The maximum atomic E-state index is 13.5. The van der Waals surface area contributed by atoms with Gasteiger partial charge in [0.1, 0.15) is 0 Å². The molecule has 4 aromatic rings. The Hall–Kier alpha value is -3.52. The van der Waals surface area contributed by atoms with Crippen molar-refractivity contribution in [3.05, 3.63) is 40.8 Å². The van der Waals surface area contributed by atoms with Gasteiger partial charge in [-0.2, -0.15) is 0 Å². The molecule has 1 N–H and O–H groups in total. The van der Waals surface area contributed by atoms with E-state index in [9.17, 15) is 9.90 Å². The van der Waals surface area contributed by atoms with Crippen LogP contribution < -0.4 is 19.8 Å². The highest BCUT2D eigenvalue weighted by molar-refractivity contribution is 6.15. The van der Waals surface area contributed by atoms with Crippen molar-refractivity contribution in [2.24, 2.45) is 0 Å². The fourth-order valence-corrected chi connectivity index (χ4v) is 3.95. The Morgan fingerprint density at radius 2 is 1.87 bits per heavy atom. The van der Waals surface area contributed by atoms with Crippen LogP contribution in [0.1, 0.15) is 0 Å². The van der Waals surface area contributed by atoms with Crippen LogP contribution in [-0.4, -0.2) is 54.1 Å². The van der Waals surface area contributed by atoms with Crippen LogP contribution in [-0.2, 0) is 6.54 Å². The van der Waals surface area contributed by atoms with E-state index in [1.54, 1.807) is 16.8 Å². The topological polar surface area (TPSA) is 86.1 Å². The molecule has 0 radical (unpaired) electrons. The number of rotatable bonds is 4. The SMILES string of the molecule is COc1cc2c(cc1O)c(=O)n(CCN(C)C)c1c3cc4c(cc3ncc21)OCO4. The number of hydrogen-bond donors (Lipinski definition) is 1. The zero-order valence-corrected chi connectivity index (χ0v) is 16.9. The van der Waals surface area contributed by atoms with E-state index in [2.05, 4.69) is 4.98 Å². The minimum Gasteiger partial charge on any atom is -0.504 e. The lowest BCUT2D eigenvalue weighted by atomic mass is 10.0. The highest BCUT2D eigenvalue weighted by atomic mass is 16.7. The molecular formula is C22H21N3O5. The van der Waals surface area contributed by atoms with Crippen LogP contribution in [0.15, 0.2) is 35.3 Å². The Bertz CT molecular complexity index is 1380. The van der Waals surface area contributed by atoms with E-state index in [0.29, 0.717) is 41.1 Å². The number of aromatic nitrogens is 2. The molecule has 1 aliphatic rings. The Balaban J connectivity index is 1.95. The number of aromatic hydroxyl groups is 1. The molecule has 8 heteroatoms. The van der Waals surface area contributed by atoms with Crippen LogP contribution in [0.3, 0.4) is 0 Å². The van der Waals surface area contributed by atoms with Crippen LogP contribution in [0.2, 0.25) is 0 Å². The summed E-state index contributed by atoms with van der Waals surface area (Å²) in [7, 11) is 5.40. The molecule has 2 aromatic heterocycles. The van der Waals surface area contributed by atoms with Gasteiger partial charge in [-0.25, -0.2) is 0 Å². The molecule has 0 saturated carbocycles. The largest absolute Gasteiger partial charge is 0.504 e. The second kappa shape index (κ2) is 6.77. The van der Waals surface area contributed by atoms with E-state index in [0.717, 1.165) is 21.8 Å². The monoisotopic (exact) mass is 407 g/mol. The van der Waals surface area contributed by atoms with E-state index < -0.39 is 0 Å². The summed E-state index contributed by atoms with van der Waals surface area (Å²) in [6.45, 7) is 1.33. The first-order chi connectivity index (χ1) is 14.5. The number of hydrogen-bond acceptors (Lipinski definition) is 7. The van der Waals surface area contributed by atoms with Crippen LogP contribution in [0.25, 0.3) is 32.6 Å². The minimum absolute atomic E-state index is 0.0715. The van der Waals surface area contributed by atoms with Crippen LogP contribution in [0, 0.1) is 0 Å². The average Bonchev–Trinajstić information content (AvgIpc) is 3.18. The van der Waals surface area contributed by atoms with Gasteiger partial charge in [-0.1, -0.05) is 0 Å². The molecular weight excluding hydrogens is 386 g/mol. The number of phenols is 1. The molecule has 5 rings (SSSR count). The number of phenolic OH excluding ortho intramolecular Hbond substituents is 1. The summed E-state index contributed by atoms with van der Waals surface area (Å²) in [4.78, 5) is 20.1. The maximum absolute atomic E-state index is 13.5. The average molecular weight is 407 g/mol. The van der Waals surface area contributed by atoms with Crippen molar-refractivity contribution in [2.45, 2.75) is 6.54 Å². The fraction of sp³-hybridized carbons (Fsp3) is 0.273. The van der Waals surface area contributed by atoms with Crippen LogP contribution >= 0.6 is 0 Å². The van der Waals surface area contributed by atoms with E-state index in [1.807, 2.05) is 31.1 Å². The van der Waals surface area contributed by atoms with Gasteiger partial charge >= 0.3 is 0 Å². The normalized spacial score (nSPS) is 13.1. The number of likely N-dealkylation sites (N-methyl/N-ethyl adjacent to an activating group) is 1. The van der Waals surface area contributed by atoms with Crippen molar-refractivity contribution < 1.29 is 19.3 Å². The summed E-state index contributed by atoms with van der Waals surface area (Å²) < 4.78 is 18.1. The summed E-state index contributed by atoms with van der Waals surface area (Å²) in [5, 5.41) is 13.0. The molecule has 1 aliphatic heterocycles. The molecule has 0 spiro atoms. The van der Waals surface area contributed by atoms with Crippen LogP contribution in [0.5, 0.6) is 23.0 Å². The molecule has 0 unspecified atom stereocenters. The van der Waals surface area contributed by atoms with E-state index in [1.165, 1.54) is 13.2 Å². The van der Waals surface area contributed by atoms with Crippen LogP contribution in [0.4, 0.5) is 0 Å². The highest BCUT2D eigenvalue weighted by Crippen LogP contribution is 2.39. The molecule has 2 aromatic carbocycles.